The largest absolute Gasteiger partial charge is 0.463 e. The fourth-order valence-electron chi connectivity index (χ4n) is 3.96. The van der Waals surface area contributed by atoms with E-state index >= 15 is 0 Å². The van der Waals surface area contributed by atoms with E-state index in [0.29, 0.717) is 12.2 Å². The molecule has 1 N–H and O–H groups in total. The fraction of sp³-hybridized carbons (Fsp3) is 0.792. The SMILES string of the molecule is CCOC(=O)C(C)=CC(C(C)C)N(C)C(=O)[C@H](NC(=O)[C@@H]1CCCCN1C)C(C)(C)C. The summed E-state index contributed by atoms with van der Waals surface area (Å²) in [6, 6.07) is -1.17. The lowest BCUT2D eigenvalue weighted by Gasteiger charge is -2.39. The molecule has 1 fully saturated rings. The molecule has 0 aliphatic carbocycles. The summed E-state index contributed by atoms with van der Waals surface area (Å²) in [5.74, 6) is -0.553. The molecule has 31 heavy (non-hydrogen) atoms. The average Bonchev–Trinajstić information content (AvgIpc) is 2.68. The van der Waals surface area contributed by atoms with E-state index in [2.05, 4.69) is 10.2 Å². The predicted octanol–water partition coefficient (Wildman–Crippen LogP) is 2.99. The van der Waals surface area contributed by atoms with Gasteiger partial charge in [0.15, 0.2) is 0 Å². The van der Waals surface area contributed by atoms with Gasteiger partial charge in [-0.25, -0.2) is 4.79 Å². The molecular weight excluding hydrogens is 394 g/mol. The lowest BCUT2D eigenvalue weighted by atomic mass is 9.84. The Kier molecular flexibility index (Phi) is 10.2. The standard InChI is InChI=1S/C24H43N3O4/c1-10-31-23(30)17(4)15-19(16(2)3)27(9)22(29)20(24(5,6)7)25-21(28)18-13-11-12-14-26(18)8/h15-16,18-20H,10-14H2,1-9H3,(H,25,28)/t18-,19?,20-/m0/s1. The fourth-order valence-corrected chi connectivity index (χ4v) is 3.96. The van der Waals surface area contributed by atoms with Crippen molar-refractivity contribution in [3.63, 3.8) is 0 Å². The quantitative estimate of drug-likeness (QED) is 0.466. The van der Waals surface area contributed by atoms with Crippen LogP contribution in [0.2, 0.25) is 0 Å². The number of piperidine rings is 1. The Hall–Kier alpha value is -1.89. The molecule has 1 unspecified atom stereocenters. The molecule has 0 aromatic rings. The molecule has 1 aliphatic heterocycles. The van der Waals surface area contributed by atoms with Crippen LogP contribution in [0.3, 0.4) is 0 Å². The third-order valence-corrected chi connectivity index (χ3v) is 5.97. The minimum absolute atomic E-state index is 0.0825. The van der Waals surface area contributed by atoms with E-state index in [4.69, 9.17) is 4.74 Å². The highest BCUT2D eigenvalue weighted by molar-refractivity contribution is 5.91. The summed E-state index contributed by atoms with van der Waals surface area (Å²) in [4.78, 5) is 42.4. The topological polar surface area (TPSA) is 79.0 Å². The summed E-state index contributed by atoms with van der Waals surface area (Å²) in [6.45, 7) is 14.5. The number of amides is 2. The molecule has 7 heteroatoms. The number of carbonyl (C=O) groups is 3. The zero-order valence-corrected chi connectivity index (χ0v) is 20.9. The molecule has 7 nitrogen and oxygen atoms in total. The molecule has 1 aliphatic rings. The number of carbonyl (C=O) groups excluding carboxylic acids is 3. The molecule has 1 heterocycles. The number of nitrogens with zero attached hydrogens (tertiary/aromatic N) is 2. The zero-order chi connectivity index (χ0) is 23.9. The van der Waals surface area contributed by atoms with Gasteiger partial charge in [0.25, 0.3) is 0 Å². The lowest BCUT2D eigenvalue weighted by Crippen LogP contribution is -2.59. The van der Waals surface area contributed by atoms with Crippen molar-refractivity contribution >= 4 is 17.8 Å². The van der Waals surface area contributed by atoms with E-state index in [-0.39, 0.29) is 35.8 Å². The molecule has 3 atom stereocenters. The van der Waals surface area contributed by atoms with Gasteiger partial charge in [0.2, 0.25) is 11.8 Å². The van der Waals surface area contributed by atoms with Crippen molar-refractivity contribution in [1.82, 2.24) is 15.1 Å². The zero-order valence-electron chi connectivity index (χ0n) is 20.9. The minimum Gasteiger partial charge on any atom is -0.463 e. The van der Waals surface area contributed by atoms with Crippen LogP contribution in [0.5, 0.6) is 0 Å². The van der Waals surface area contributed by atoms with Crippen molar-refractivity contribution in [1.29, 1.82) is 0 Å². The number of likely N-dealkylation sites (tertiary alicyclic amines) is 1. The van der Waals surface area contributed by atoms with Crippen LogP contribution in [0.25, 0.3) is 0 Å². The van der Waals surface area contributed by atoms with E-state index < -0.39 is 11.5 Å². The van der Waals surface area contributed by atoms with E-state index in [1.165, 1.54) is 0 Å². The highest BCUT2D eigenvalue weighted by Gasteiger charge is 2.39. The van der Waals surface area contributed by atoms with Crippen LogP contribution >= 0.6 is 0 Å². The Morgan fingerprint density at radius 2 is 1.84 bits per heavy atom. The molecule has 1 saturated heterocycles. The minimum atomic E-state index is -0.669. The Morgan fingerprint density at radius 1 is 1.23 bits per heavy atom. The van der Waals surface area contributed by atoms with E-state index in [1.807, 2.05) is 41.7 Å². The molecule has 1 rings (SSSR count). The van der Waals surface area contributed by atoms with E-state index in [9.17, 15) is 14.4 Å². The number of rotatable bonds is 8. The third-order valence-electron chi connectivity index (χ3n) is 5.97. The molecule has 0 bridgehead atoms. The summed E-state index contributed by atoms with van der Waals surface area (Å²) in [7, 11) is 3.70. The first-order chi connectivity index (χ1) is 14.3. The van der Waals surface area contributed by atoms with Gasteiger partial charge >= 0.3 is 5.97 Å². The molecule has 0 spiro atoms. The highest BCUT2D eigenvalue weighted by atomic mass is 16.5. The van der Waals surface area contributed by atoms with E-state index in [0.717, 1.165) is 25.8 Å². The van der Waals surface area contributed by atoms with Crippen molar-refractivity contribution in [3.8, 4) is 0 Å². The normalized spacial score (nSPS) is 20.2. The Morgan fingerprint density at radius 3 is 2.32 bits per heavy atom. The van der Waals surface area contributed by atoms with Crippen LogP contribution in [-0.4, -0.2) is 73.0 Å². The van der Waals surface area contributed by atoms with Crippen LogP contribution in [0.15, 0.2) is 11.6 Å². The van der Waals surface area contributed by atoms with Crippen LogP contribution in [0.1, 0.15) is 67.7 Å². The summed E-state index contributed by atoms with van der Waals surface area (Å²) >= 11 is 0. The summed E-state index contributed by atoms with van der Waals surface area (Å²) in [5, 5.41) is 3.04. The number of nitrogens with one attached hydrogen (secondary N) is 1. The second-order valence-electron chi connectivity index (χ2n) is 10.1. The molecule has 178 valence electrons. The van der Waals surface area contributed by atoms with Crippen molar-refractivity contribution in [2.75, 3.05) is 27.2 Å². The summed E-state index contributed by atoms with van der Waals surface area (Å²) < 4.78 is 5.08. The second kappa shape index (κ2) is 11.7. The van der Waals surface area contributed by atoms with Gasteiger partial charge in [0.05, 0.1) is 18.7 Å². The number of likely N-dealkylation sites (N-methyl/N-ethyl adjacent to an activating group) is 2. The maximum absolute atomic E-state index is 13.6. The first kappa shape index (κ1) is 27.1. The number of hydrogen-bond acceptors (Lipinski definition) is 5. The molecule has 0 saturated carbocycles. The first-order valence-corrected chi connectivity index (χ1v) is 11.4. The lowest BCUT2D eigenvalue weighted by molar-refractivity contribution is -0.141. The van der Waals surface area contributed by atoms with Crippen molar-refractivity contribution < 1.29 is 19.1 Å². The summed E-state index contributed by atoms with van der Waals surface area (Å²) in [6.07, 6.45) is 4.70. The van der Waals surface area contributed by atoms with Gasteiger partial charge in [-0.1, -0.05) is 47.1 Å². The van der Waals surface area contributed by atoms with Crippen LogP contribution in [0, 0.1) is 11.3 Å². The van der Waals surface area contributed by atoms with E-state index in [1.54, 1.807) is 31.9 Å². The Bertz CT molecular complexity index is 666. The first-order valence-electron chi connectivity index (χ1n) is 11.4. The van der Waals surface area contributed by atoms with Gasteiger partial charge in [-0.05, 0) is 51.6 Å². The number of hydrogen-bond donors (Lipinski definition) is 1. The smallest absolute Gasteiger partial charge is 0.333 e. The maximum Gasteiger partial charge on any atom is 0.333 e. The summed E-state index contributed by atoms with van der Waals surface area (Å²) in [5.41, 5.74) is 0.00994. The van der Waals surface area contributed by atoms with Crippen molar-refractivity contribution in [3.05, 3.63) is 11.6 Å². The predicted molar refractivity (Wildman–Crippen MR) is 123 cm³/mol. The molecular formula is C24H43N3O4. The third kappa shape index (κ3) is 7.63. The molecule has 0 aromatic heterocycles. The van der Waals surface area contributed by atoms with Crippen LogP contribution in [-0.2, 0) is 19.1 Å². The second-order valence-corrected chi connectivity index (χ2v) is 10.1. The van der Waals surface area contributed by atoms with Gasteiger partial charge in [0, 0.05) is 12.6 Å². The maximum atomic E-state index is 13.6. The average molecular weight is 438 g/mol. The number of esters is 1. The number of ether oxygens (including phenoxy) is 1. The molecule has 2 amide bonds. The van der Waals surface area contributed by atoms with Gasteiger partial charge in [-0.3, -0.25) is 14.5 Å². The molecule has 0 radical (unpaired) electrons. The van der Waals surface area contributed by atoms with Crippen LogP contribution < -0.4 is 5.32 Å². The van der Waals surface area contributed by atoms with Gasteiger partial charge in [-0.2, -0.15) is 0 Å². The highest BCUT2D eigenvalue weighted by Crippen LogP contribution is 2.25. The van der Waals surface area contributed by atoms with Crippen molar-refractivity contribution in [2.45, 2.75) is 85.9 Å². The van der Waals surface area contributed by atoms with Gasteiger partial charge in [0.1, 0.15) is 6.04 Å². The Balaban J connectivity index is 3.10. The monoisotopic (exact) mass is 437 g/mol. The van der Waals surface area contributed by atoms with Gasteiger partial charge < -0.3 is 15.0 Å². The van der Waals surface area contributed by atoms with Crippen molar-refractivity contribution in [2.24, 2.45) is 11.3 Å². The van der Waals surface area contributed by atoms with Gasteiger partial charge in [-0.15, -0.1) is 0 Å². The van der Waals surface area contributed by atoms with Crippen LogP contribution in [0.4, 0.5) is 0 Å². The Labute approximate surface area is 188 Å². The molecule has 0 aromatic carbocycles.